The first-order chi connectivity index (χ1) is 12.3. The lowest BCUT2D eigenvalue weighted by atomic mass is 10.1. The van der Waals surface area contributed by atoms with E-state index in [0.29, 0.717) is 22.8 Å². The Morgan fingerprint density at radius 2 is 1.92 bits per heavy atom. The number of hydrogen-bond acceptors (Lipinski definition) is 6. The zero-order valence-electron chi connectivity index (χ0n) is 13.7. The van der Waals surface area contributed by atoms with Crippen molar-refractivity contribution in [2.75, 3.05) is 24.8 Å². The average molecular weight is 341 g/mol. The van der Waals surface area contributed by atoms with Crippen LogP contribution in [0.4, 0.5) is 5.88 Å². The molecule has 1 fully saturated rings. The molecule has 130 valence electrons. The molecule has 0 saturated carbocycles. The second-order valence-corrected chi connectivity index (χ2v) is 5.99. The molecule has 0 bridgehead atoms. The number of rotatable bonds is 4. The first-order valence-electron chi connectivity index (χ1n) is 8.37. The lowest BCUT2D eigenvalue weighted by Gasteiger charge is -2.25. The van der Waals surface area contributed by atoms with Crippen molar-refractivity contribution in [1.82, 2.24) is 5.43 Å². The van der Waals surface area contributed by atoms with Crippen molar-refractivity contribution in [2.45, 2.75) is 19.3 Å². The van der Waals surface area contributed by atoms with E-state index in [4.69, 9.17) is 13.9 Å². The van der Waals surface area contributed by atoms with Gasteiger partial charge in [0.05, 0.1) is 6.21 Å². The molecule has 0 atom stereocenters. The molecular formula is C18H19N3O4. The molecule has 1 saturated heterocycles. The summed E-state index contributed by atoms with van der Waals surface area (Å²) in [6.45, 7) is 2.21. The van der Waals surface area contributed by atoms with Crippen LogP contribution in [0, 0.1) is 0 Å². The minimum atomic E-state index is -0.322. The summed E-state index contributed by atoms with van der Waals surface area (Å²) in [6, 6.07) is 8.79. The minimum Gasteiger partial charge on any atom is -0.454 e. The van der Waals surface area contributed by atoms with Crippen molar-refractivity contribution in [3.63, 3.8) is 0 Å². The Hall–Kier alpha value is -2.96. The van der Waals surface area contributed by atoms with E-state index in [1.165, 1.54) is 25.5 Å². The number of nitrogens with one attached hydrogen (secondary N) is 1. The van der Waals surface area contributed by atoms with Crippen LogP contribution < -0.4 is 19.8 Å². The van der Waals surface area contributed by atoms with Crippen molar-refractivity contribution in [3.05, 3.63) is 41.7 Å². The Morgan fingerprint density at radius 3 is 2.80 bits per heavy atom. The highest BCUT2D eigenvalue weighted by Gasteiger charge is 2.16. The lowest BCUT2D eigenvalue weighted by molar-refractivity contribution is 0.0954. The van der Waals surface area contributed by atoms with Gasteiger partial charge in [0.15, 0.2) is 17.4 Å². The van der Waals surface area contributed by atoms with Crippen LogP contribution >= 0.6 is 0 Å². The van der Waals surface area contributed by atoms with Crippen LogP contribution in [0.25, 0.3) is 0 Å². The summed E-state index contributed by atoms with van der Waals surface area (Å²) in [5.41, 5.74) is 2.94. The summed E-state index contributed by atoms with van der Waals surface area (Å²) in [5.74, 6) is 2.34. The fraction of sp³-hybridized carbons (Fsp3) is 0.333. The largest absolute Gasteiger partial charge is 0.454 e. The molecule has 25 heavy (non-hydrogen) atoms. The van der Waals surface area contributed by atoms with Gasteiger partial charge in [0.25, 0.3) is 5.91 Å². The van der Waals surface area contributed by atoms with Gasteiger partial charge >= 0.3 is 0 Å². The molecule has 4 rings (SSSR count). The van der Waals surface area contributed by atoms with Gasteiger partial charge in [-0.3, -0.25) is 4.79 Å². The zero-order valence-corrected chi connectivity index (χ0v) is 13.7. The summed E-state index contributed by atoms with van der Waals surface area (Å²) < 4.78 is 16.2. The SMILES string of the molecule is O=C(NN=Cc1ccc(N2CCCCC2)o1)c1ccc2c(c1)OCO2. The molecule has 1 aromatic carbocycles. The molecule has 1 N–H and O–H groups in total. The van der Waals surface area contributed by atoms with E-state index in [0.717, 1.165) is 19.0 Å². The molecule has 0 unspecified atom stereocenters. The van der Waals surface area contributed by atoms with Gasteiger partial charge in [0.1, 0.15) is 5.76 Å². The van der Waals surface area contributed by atoms with Gasteiger partial charge in [-0.25, -0.2) is 5.43 Å². The number of ether oxygens (including phenoxy) is 2. The molecule has 1 aromatic heterocycles. The molecule has 3 heterocycles. The highest BCUT2D eigenvalue weighted by molar-refractivity contribution is 5.95. The maximum Gasteiger partial charge on any atom is 0.271 e. The van der Waals surface area contributed by atoms with E-state index in [2.05, 4.69) is 15.4 Å². The van der Waals surface area contributed by atoms with E-state index in [-0.39, 0.29) is 12.7 Å². The summed E-state index contributed by atoms with van der Waals surface area (Å²) in [6.07, 6.45) is 5.15. The molecule has 2 aromatic rings. The molecule has 2 aliphatic rings. The number of carbonyl (C=O) groups is 1. The molecule has 0 aliphatic carbocycles. The molecule has 2 aliphatic heterocycles. The molecule has 0 spiro atoms. The van der Waals surface area contributed by atoms with Gasteiger partial charge in [-0.2, -0.15) is 5.10 Å². The first kappa shape index (κ1) is 15.6. The maximum atomic E-state index is 12.1. The van der Waals surface area contributed by atoms with E-state index in [1.54, 1.807) is 18.2 Å². The van der Waals surface area contributed by atoms with Gasteiger partial charge in [-0.05, 0) is 43.5 Å². The maximum absolute atomic E-state index is 12.1. The number of hydrazone groups is 1. The predicted octanol–water partition coefficient (Wildman–Crippen LogP) is 2.76. The van der Waals surface area contributed by atoms with Gasteiger partial charge in [0.2, 0.25) is 6.79 Å². The van der Waals surface area contributed by atoms with Crippen LogP contribution in [0.5, 0.6) is 11.5 Å². The van der Waals surface area contributed by atoms with Gasteiger partial charge < -0.3 is 18.8 Å². The Morgan fingerprint density at radius 1 is 1.08 bits per heavy atom. The standard InChI is InChI=1S/C18H19N3O4/c22-18(13-4-6-15-16(10-13)24-12-23-15)20-19-11-14-5-7-17(25-14)21-8-2-1-3-9-21/h4-7,10-11H,1-3,8-9,12H2,(H,20,22). The Labute approximate surface area is 145 Å². The minimum absolute atomic E-state index is 0.177. The molecule has 1 amide bonds. The number of nitrogens with zero attached hydrogens (tertiary/aromatic N) is 2. The van der Waals surface area contributed by atoms with Gasteiger partial charge in [-0.15, -0.1) is 0 Å². The van der Waals surface area contributed by atoms with Crippen molar-refractivity contribution in [1.29, 1.82) is 0 Å². The average Bonchev–Trinajstić information content (AvgIpc) is 3.31. The predicted molar refractivity (Wildman–Crippen MR) is 92.4 cm³/mol. The number of benzene rings is 1. The van der Waals surface area contributed by atoms with Crippen LogP contribution in [-0.4, -0.2) is 32.0 Å². The second kappa shape index (κ2) is 6.88. The highest BCUT2D eigenvalue weighted by Crippen LogP contribution is 2.32. The van der Waals surface area contributed by atoms with E-state index >= 15 is 0 Å². The Balaban J connectivity index is 1.36. The number of piperidine rings is 1. The van der Waals surface area contributed by atoms with Crippen molar-refractivity contribution < 1.29 is 18.7 Å². The summed E-state index contributed by atoms with van der Waals surface area (Å²) >= 11 is 0. The Kier molecular flexibility index (Phi) is 4.28. The number of fused-ring (bicyclic) bond motifs is 1. The molecule has 0 radical (unpaired) electrons. The number of carbonyl (C=O) groups excluding carboxylic acids is 1. The van der Waals surface area contributed by atoms with Crippen molar-refractivity contribution in [2.24, 2.45) is 5.10 Å². The highest BCUT2D eigenvalue weighted by atomic mass is 16.7. The van der Waals surface area contributed by atoms with Crippen LogP contribution in [0.3, 0.4) is 0 Å². The van der Waals surface area contributed by atoms with E-state index in [9.17, 15) is 4.79 Å². The van der Waals surface area contributed by atoms with Crippen LogP contribution in [0.1, 0.15) is 35.4 Å². The second-order valence-electron chi connectivity index (χ2n) is 5.99. The number of hydrogen-bond donors (Lipinski definition) is 1. The number of anilines is 1. The molecule has 7 heteroatoms. The van der Waals surface area contributed by atoms with Crippen LogP contribution in [0.15, 0.2) is 39.9 Å². The van der Waals surface area contributed by atoms with Gasteiger partial charge in [-0.1, -0.05) is 0 Å². The van der Waals surface area contributed by atoms with E-state index in [1.807, 2.05) is 12.1 Å². The third kappa shape index (κ3) is 3.45. The van der Waals surface area contributed by atoms with Crippen molar-refractivity contribution in [3.8, 4) is 11.5 Å². The third-order valence-corrected chi connectivity index (χ3v) is 4.27. The fourth-order valence-electron chi connectivity index (χ4n) is 2.95. The van der Waals surface area contributed by atoms with Crippen molar-refractivity contribution >= 4 is 18.0 Å². The van der Waals surface area contributed by atoms with Gasteiger partial charge in [0, 0.05) is 24.7 Å². The van der Waals surface area contributed by atoms with E-state index < -0.39 is 0 Å². The normalized spacial score (nSPS) is 16.4. The zero-order chi connectivity index (χ0) is 17.1. The summed E-state index contributed by atoms with van der Waals surface area (Å²) in [7, 11) is 0. The molecular weight excluding hydrogens is 322 g/mol. The fourth-order valence-corrected chi connectivity index (χ4v) is 2.95. The monoisotopic (exact) mass is 341 g/mol. The number of furan rings is 1. The topological polar surface area (TPSA) is 76.3 Å². The summed E-state index contributed by atoms with van der Waals surface area (Å²) in [4.78, 5) is 14.4. The lowest BCUT2D eigenvalue weighted by Crippen LogP contribution is -2.28. The van der Waals surface area contributed by atoms with Crippen LogP contribution in [0.2, 0.25) is 0 Å². The quantitative estimate of drug-likeness (QED) is 0.683. The Bertz CT molecular complexity index is 793. The summed E-state index contributed by atoms with van der Waals surface area (Å²) in [5, 5.41) is 3.96. The van der Waals surface area contributed by atoms with Crippen LogP contribution in [-0.2, 0) is 0 Å². The smallest absolute Gasteiger partial charge is 0.271 e. The number of amides is 1. The third-order valence-electron chi connectivity index (χ3n) is 4.27. The first-order valence-corrected chi connectivity index (χ1v) is 8.37. The molecule has 7 nitrogen and oxygen atoms in total.